The number of nitrogens with zero attached hydrogens (tertiary/aromatic N) is 1. The molecule has 0 bridgehead atoms. The first-order valence-corrected chi connectivity index (χ1v) is 5.16. The van der Waals surface area contributed by atoms with Crippen molar-refractivity contribution in [3.63, 3.8) is 0 Å². The van der Waals surface area contributed by atoms with Crippen LogP contribution in [0.15, 0.2) is 12.3 Å². The van der Waals surface area contributed by atoms with E-state index in [0.717, 1.165) is 17.9 Å². The zero-order valence-corrected chi connectivity index (χ0v) is 9.47. The van der Waals surface area contributed by atoms with E-state index in [9.17, 15) is 4.39 Å². The lowest BCUT2D eigenvalue weighted by Gasteiger charge is -2.12. The van der Waals surface area contributed by atoms with E-state index in [1.165, 1.54) is 12.3 Å². The van der Waals surface area contributed by atoms with Gasteiger partial charge in [-0.25, -0.2) is 9.37 Å². The highest BCUT2D eigenvalue weighted by Crippen LogP contribution is 2.13. The van der Waals surface area contributed by atoms with Crippen molar-refractivity contribution in [1.82, 2.24) is 10.3 Å². The van der Waals surface area contributed by atoms with Gasteiger partial charge in [-0.2, -0.15) is 0 Å². The third-order valence-corrected chi connectivity index (χ3v) is 1.98. The summed E-state index contributed by atoms with van der Waals surface area (Å²) in [7, 11) is 1.83. The van der Waals surface area contributed by atoms with Crippen LogP contribution in [0.5, 0.6) is 0 Å². The van der Waals surface area contributed by atoms with E-state index in [1.54, 1.807) is 0 Å². The van der Waals surface area contributed by atoms with E-state index in [4.69, 9.17) is 0 Å². The maximum Gasteiger partial charge on any atom is 0.141 e. The minimum absolute atomic E-state index is 0.296. The molecule has 3 nitrogen and oxygen atoms in total. The average Bonchev–Trinajstić information content (AvgIpc) is 2.17. The van der Waals surface area contributed by atoms with Gasteiger partial charge in [0.25, 0.3) is 0 Å². The fourth-order valence-electron chi connectivity index (χ4n) is 1.27. The predicted octanol–water partition coefficient (Wildman–Crippen LogP) is 2.01. The van der Waals surface area contributed by atoms with Gasteiger partial charge >= 0.3 is 0 Å². The Morgan fingerprint density at radius 3 is 2.80 bits per heavy atom. The lowest BCUT2D eigenvalue weighted by molar-refractivity contribution is 0.616. The van der Waals surface area contributed by atoms with Crippen LogP contribution in [-0.4, -0.2) is 18.6 Å². The van der Waals surface area contributed by atoms with Crippen molar-refractivity contribution in [2.24, 2.45) is 5.92 Å². The molecule has 0 aromatic carbocycles. The van der Waals surface area contributed by atoms with Crippen molar-refractivity contribution in [3.05, 3.63) is 23.6 Å². The summed E-state index contributed by atoms with van der Waals surface area (Å²) in [5.74, 6) is 1.01. The maximum absolute atomic E-state index is 13.0. The minimum Gasteiger partial charge on any atom is -0.370 e. The van der Waals surface area contributed by atoms with E-state index in [2.05, 4.69) is 29.5 Å². The molecule has 0 spiro atoms. The third kappa shape index (κ3) is 3.83. The van der Waals surface area contributed by atoms with Gasteiger partial charge in [-0.15, -0.1) is 0 Å². The van der Waals surface area contributed by atoms with Gasteiger partial charge in [0, 0.05) is 18.7 Å². The average molecular weight is 211 g/mol. The Morgan fingerprint density at radius 1 is 1.47 bits per heavy atom. The molecular weight excluding hydrogens is 193 g/mol. The first-order valence-electron chi connectivity index (χ1n) is 5.16. The van der Waals surface area contributed by atoms with Crippen molar-refractivity contribution in [1.29, 1.82) is 0 Å². The van der Waals surface area contributed by atoms with Gasteiger partial charge in [0.15, 0.2) is 0 Å². The Bertz CT molecular complexity index is 313. The summed E-state index contributed by atoms with van der Waals surface area (Å²) in [6.45, 7) is 5.70. The smallest absolute Gasteiger partial charge is 0.141 e. The second-order valence-corrected chi connectivity index (χ2v) is 3.97. The van der Waals surface area contributed by atoms with E-state index in [1.807, 2.05) is 7.05 Å². The molecule has 0 aliphatic rings. The molecular formula is C11H18FN3. The number of hydrogen-bond acceptors (Lipinski definition) is 3. The van der Waals surface area contributed by atoms with Crippen molar-refractivity contribution < 1.29 is 4.39 Å². The molecule has 15 heavy (non-hydrogen) atoms. The second kappa shape index (κ2) is 5.66. The Labute approximate surface area is 90.1 Å². The van der Waals surface area contributed by atoms with Gasteiger partial charge in [0.05, 0.1) is 6.20 Å². The van der Waals surface area contributed by atoms with Gasteiger partial charge < -0.3 is 10.6 Å². The zero-order valence-electron chi connectivity index (χ0n) is 9.47. The molecule has 4 heteroatoms. The van der Waals surface area contributed by atoms with E-state index in [-0.39, 0.29) is 5.82 Å². The molecule has 1 aromatic rings. The summed E-state index contributed by atoms with van der Waals surface area (Å²) in [6.07, 6.45) is 1.24. The highest BCUT2D eigenvalue weighted by atomic mass is 19.1. The molecule has 0 radical (unpaired) electrons. The highest BCUT2D eigenvalue weighted by Gasteiger charge is 2.05. The highest BCUT2D eigenvalue weighted by molar-refractivity contribution is 5.43. The van der Waals surface area contributed by atoms with Crippen molar-refractivity contribution in [3.8, 4) is 0 Å². The fourth-order valence-corrected chi connectivity index (χ4v) is 1.27. The Balaban J connectivity index is 2.76. The van der Waals surface area contributed by atoms with Crippen molar-refractivity contribution >= 4 is 5.82 Å². The summed E-state index contributed by atoms with van der Waals surface area (Å²) in [6, 6.07) is 1.51. The third-order valence-electron chi connectivity index (χ3n) is 1.98. The molecule has 0 fully saturated rings. The van der Waals surface area contributed by atoms with Crippen LogP contribution >= 0.6 is 0 Å². The van der Waals surface area contributed by atoms with Gasteiger partial charge in [-0.05, 0) is 19.0 Å². The van der Waals surface area contributed by atoms with E-state index >= 15 is 0 Å². The second-order valence-electron chi connectivity index (χ2n) is 3.97. The van der Waals surface area contributed by atoms with Gasteiger partial charge in [-0.1, -0.05) is 13.8 Å². The molecule has 0 saturated carbocycles. The number of anilines is 1. The molecule has 1 aromatic heterocycles. The van der Waals surface area contributed by atoms with E-state index < -0.39 is 0 Å². The first kappa shape index (κ1) is 11.9. The molecule has 84 valence electrons. The van der Waals surface area contributed by atoms with Crippen LogP contribution in [0, 0.1) is 11.7 Å². The molecule has 2 N–H and O–H groups in total. The normalized spacial score (nSPS) is 10.7. The number of rotatable bonds is 5. The maximum atomic E-state index is 13.0. The standard InChI is InChI=1S/C11H18FN3/c1-8(2)5-14-11-9(6-13-3)4-10(12)7-15-11/h4,7-8,13H,5-6H2,1-3H3,(H,14,15). The molecule has 0 saturated heterocycles. The Hall–Kier alpha value is -1.16. The van der Waals surface area contributed by atoms with E-state index in [0.29, 0.717) is 12.5 Å². The predicted molar refractivity (Wildman–Crippen MR) is 60.3 cm³/mol. The lowest BCUT2D eigenvalue weighted by Crippen LogP contribution is -2.14. The molecule has 0 aliphatic heterocycles. The van der Waals surface area contributed by atoms with Crippen LogP contribution in [-0.2, 0) is 6.54 Å². The summed E-state index contributed by atoms with van der Waals surface area (Å²) >= 11 is 0. The summed E-state index contributed by atoms with van der Waals surface area (Å²) in [5.41, 5.74) is 0.859. The van der Waals surface area contributed by atoms with Crippen LogP contribution < -0.4 is 10.6 Å². The molecule has 0 amide bonds. The quantitative estimate of drug-likeness (QED) is 0.782. The monoisotopic (exact) mass is 211 g/mol. The summed E-state index contributed by atoms with van der Waals surface area (Å²) in [5, 5.41) is 6.20. The number of nitrogens with one attached hydrogen (secondary N) is 2. The van der Waals surface area contributed by atoms with Crippen LogP contribution in [0.25, 0.3) is 0 Å². The first-order chi connectivity index (χ1) is 7.13. The molecule has 0 atom stereocenters. The molecule has 0 unspecified atom stereocenters. The number of hydrogen-bond donors (Lipinski definition) is 2. The van der Waals surface area contributed by atoms with Crippen molar-refractivity contribution in [2.75, 3.05) is 18.9 Å². The Morgan fingerprint density at radius 2 is 2.20 bits per heavy atom. The SMILES string of the molecule is CNCc1cc(F)cnc1NCC(C)C. The van der Waals surface area contributed by atoms with Crippen molar-refractivity contribution in [2.45, 2.75) is 20.4 Å². The Kier molecular flexibility index (Phi) is 4.49. The van der Waals surface area contributed by atoms with Gasteiger partial charge in [-0.3, -0.25) is 0 Å². The van der Waals surface area contributed by atoms with Crippen LogP contribution in [0.2, 0.25) is 0 Å². The lowest BCUT2D eigenvalue weighted by atomic mass is 10.2. The fraction of sp³-hybridized carbons (Fsp3) is 0.545. The van der Waals surface area contributed by atoms with Gasteiger partial charge in [0.2, 0.25) is 0 Å². The molecule has 1 rings (SSSR count). The topological polar surface area (TPSA) is 37.0 Å². The van der Waals surface area contributed by atoms with Crippen LogP contribution in [0.1, 0.15) is 19.4 Å². The molecule has 1 heterocycles. The molecule has 0 aliphatic carbocycles. The summed E-state index contributed by atoms with van der Waals surface area (Å²) in [4.78, 5) is 4.04. The number of aromatic nitrogens is 1. The number of halogens is 1. The number of pyridine rings is 1. The minimum atomic E-state index is -0.296. The largest absolute Gasteiger partial charge is 0.370 e. The zero-order chi connectivity index (χ0) is 11.3. The van der Waals surface area contributed by atoms with Gasteiger partial charge in [0.1, 0.15) is 11.6 Å². The summed E-state index contributed by atoms with van der Waals surface area (Å²) < 4.78 is 13.0. The van der Waals surface area contributed by atoms with Crippen LogP contribution in [0.4, 0.5) is 10.2 Å². The van der Waals surface area contributed by atoms with Crippen LogP contribution in [0.3, 0.4) is 0 Å².